The van der Waals surface area contributed by atoms with Gasteiger partial charge in [0.15, 0.2) is 0 Å². The van der Waals surface area contributed by atoms with Crippen molar-refractivity contribution in [1.82, 2.24) is 4.98 Å². The Morgan fingerprint density at radius 2 is 2.31 bits per heavy atom. The SMILES string of the molecule is CC(=O)Cc1nc2c(s1)C(=O)/C(=C\O)CC2. The van der Waals surface area contributed by atoms with E-state index in [0.29, 0.717) is 28.3 Å². The Bertz CT molecular complexity index is 487. The fourth-order valence-corrected chi connectivity index (χ4v) is 2.83. The van der Waals surface area contributed by atoms with E-state index < -0.39 is 0 Å². The van der Waals surface area contributed by atoms with Gasteiger partial charge in [-0.1, -0.05) is 0 Å². The van der Waals surface area contributed by atoms with E-state index in [4.69, 9.17) is 5.11 Å². The van der Waals surface area contributed by atoms with Crippen molar-refractivity contribution in [1.29, 1.82) is 0 Å². The van der Waals surface area contributed by atoms with Crippen molar-refractivity contribution in [2.75, 3.05) is 0 Å². The second kappa shape index (κ2) is 4.17. The molecule has 0 atom stereocenters. The van der Waals surface area contributed by atoms with Gasteiger partial charge in [0.25, 0.3) is 0 Å². The number of aryl methyl sites for hydroxylation is 1. The van der Waals surface area contributed by atoms with Crippen molar-refractivity contribution in [3.05, 3.63) is 27.4 Å². The van der Waals surface area contributed by atoms with E-state index in [-0.39, 0.29) is 18.0 Å². The number of aliphatic hydroxyl groups excluding tert-OH is 1. The second-order valence-corrected chi connectivity index (χ2v) is 4.83. The molecule has 16 heavy (non-hydrogen) atoms. The predicted octanol–water partition coefficient (Wildman–Crippen LogP) is 1.85. The monoisotopic (exact) mass is 237 g/mol. The van der Waals surface area contributed by atoms with Gasteiger partial charge in [0.05, 0.1) is 23.3 Å². The number of fused-ring (bicyclic) bond motifs is 1. The fraction of sp³-hybridized carbons (Fsp3) is 0.364. The molecule has 0 aromatic carbocycles. The third kappa shape index (κ3) is 1.90. The number of nitrogens with zero attached hydrogens (tertiary/aromatic N) is 1. The van der Waals surface area contributed by atoms with Crippen molar-refractivity contribution in [2.45, 2.75) is 26.2 Å². The smallest absolute Gasteiger partial charge is 0.203 e. The topological polar surface area (TPSA) is 67.3 Å². The van der Waals surface area contributed by atoms with E-state index in [1.165, 1.54) is 18.3 Å². The average molecular weight is 237 g/mol. The number of carbonyl (C=O) groups excluding carboxylic acids is 2. The lowest BCUT2D eigenvalue weighted by Crippen LogP contribution is -2.12. The van der Waals surface area contributed by atoms with Crippen LogP contribution in [0.1, 0.15) is 33.7 Å². The molecule has 2 rings (SSSR count). The van der Waals surface area contributed by atoms with E-state index >= 15 is 0 Å². The number of allylic oxidation sites excluding steroid dienone is 1. The first-order chi connectivity index (χ1) is 7.61. The Morgan fingerprint density at radius 3 is 2.94 bits per heavy atom. The summed E-state index contributed by atoms with van der Waals surface area (Å²) in [6.07, 6.45) is 2.33. The van der Waals surface area contributed by atoms with Crippen molar-refractivity contribution in [3.8, 4) is 0 Å². The number of aromatic nitrogens is 1. The van der Waals surface area contributed by atoms with Gasteiger partial charge in [-0.05, 0) is 19.8 Å². The zero-order valence-corrected chi connectivity index (χ0v) is 9.63. The highest BCUT2D eigenvalue weighted by molar-refractivity contribution is 7.14. The molecule has 1 N–H and O–H groups in total. The second-order valence-electron chi connectivity index (χ2n) is 3.75. The van der Waals surface area contributed by atoms with Crippen LogP contribution in [0.15, 0.2) is 11.8 Å². The summed E-state index contributed by atoms with van der Waals surface area (Å²) in [6, 6.07) is 0. The first-order valence-corrected chi connectivity index (χ1v) is 5.79. The first kappa shape index (κ1) is 11.0. The number of Topliss-reactive ketones (excluding diaryl/α,β-unsaturated/α-hetero) is 2. The lowest BCUT2D eigenvalue weighted by molar-refractivity contribution is -0.116. The predicted molar refractivity (Wildman–Crippen MR) is 59.9 cm³/mol. The zero-order valence-electron chi connectivity index (χ0n) is 8.82. The summed E-state index contributed by atoms with van der Waals surface area (Å²) in [5, 5.41) is 9.57. The molecule has 84 valence electrons. The van der Waals surface area contributed by atoms with Crippen LogP contribution in [0.5, 0.6) is 0 Å². The molecule has 0 radical (unpaired) electrons. The molecule has 0 unspecified atom stereocenters. The number of aliphatic hydroxyl groups is 1. The molecule has 0 aliphatic heterocycles. The van der Waals surface area contributed by atoms with Gasteiger partial charge in [0.1, 0.15) is 10.8 Å². The van der Waals surface area contributed by atoms with Gasteiger partial charge in [-0.3, -0.25) is 9.59 Å². The number of hydrogen-bond acceptors (Lipinski definition) is 5. The van der Waals surface area contributed by atoms with Gasteiger partial charge in [-0.25, -0.2) is 4.98 Å². The molecule has 0 saturated carbocycles. The van der Waals surface area contributed by atoms with Crippen LogP contribution >= 0.6 is 11.3 Å². The summed E-state index contributed by atoms with van der Waals surface area (Å²) in [7, 11) is 0. The van der Waals surface area contributed by atoms with Gasteiger partial charge < -0.3 is 5.11 Å². The lowest BCUT2D eigenvalue weighted by Gasteiger charge is -2.09. The average Bonchev–Trinajstić information content (AvgIpc) is 2.61. The quantitative estimate of drug-likeness (QED) is 0.629. The molecule has 0 amide bonds. The first-order valence-electron chi connectivity index (χ1n) is 4.97. The van der Waals surface area contributed by atoms with Crippen LogP contribution in [0.2, 0.25) is 0 Å². The maximum atomic E-state index is 11.8. The maximum absolute atomic E-state index is 11.8. The van der Waals surface area contributed by atoms with E-state index in [0.717, 1.165) is 12.0 Å². The van der Waals surface area contributed by atoms with E-state index in [1.54, 1.807) is 0 Å². The summed E-state index contributed by atoms with van der Waals surface area (Å²) < 4.78 is 0. The van der Waals surface area contributed by atoms with Crippen LogP contribution in [-0.4, -0.2) is 21.7 Å². The van der Waals surface area contributed by atoms with Crippen molar-refractivity contribution in [2.24, 2.45) is 0 Å². The van der Waals surface area contributed by atoms with Gasteiger partial charge in [-0.15, -0.1) is 11.3 Å². The van der Waals surface area contributed by atoms with Crippen LogP contribution in [0.25, 0.3) is 0 Å². The third-order valence-corrected chi connectivity index (χ3v) is 3.52. The van der Waals surface area contributed by atoms with Crippen LogP contribution in [0, 0.1) is 0 Å². The number of rotatable bonds is 2. The Hall–Kier alpha value is -1.49. The van der Waals surface area contributed by atoms with Crippen molar-refractivity contribution in [3.63, 3.8) is 0 Å². The molecular weight excluding hydrogens is 226 g/mol. The van der Waals surface area contributed by atoms with Gasteiger partial charge in [0.2, 0.25) is 5.78 Å². The Labute approximate surface area is 96.6 Å². The minimum Gasteiger partial charge on any atom is -0.515 e. The summed E-state index contributed by atoms with van der Waals surface area (Å²) in [5.41, 5.74) is 1.18. The van der Waals surface area contributed by atoms with Crippen molar-refractivity contribution < 1.29 is 14.7 Å². The fourth-order valence-electron chi connectivity index (χ4n) is 1.67. The third-order valence-electron chi connectivity index (χ3n) is 2.43. The van der Waals surface area contributed by atoms with Gasteiger partial charge in [0, 0.05) is 5.57 Å². The van der Waals surface area contributed by atoms with E-state index in [1.807, 2.05) is 0 Å². The molecule has 1 aromatic rings. The summed E-state index contributed by atoms with van der Waals surface area (Å²) in [6.45, 7) is 1.50. The molecule has 1 aromatic heterocycles. The van der Waals surface area contributed by atoms with Crippen LogP contribution in [0.4, 0.5) is 0 Å². The molecule has 1 aliphatic carbocycles. The molecule has 0 bridgehead atoms. The molecule has 1 heterocycles. The molecule has 5 heteroatoms. The molecule has 0 fully saturated rings. The molecule has 4 nitrogen and oxygen atoms in total. The lowest BCUT2D eigenvalue weighted by atomic mass is 9.97. The maximum Gasteiger partial charge on any atom is 0.203 e. The normalized spacial score (nSPS) is 17.6. The van der Waals surface area contributed by atoms with Crippen LogP contribution in [0.3, 0.4) is 0 Å². The van der Waals surface area contributed by atoms with E-state index in [2.05, 4.69) is 4.98 Å². The Kier molecular flexibility index (Phi) is 2.87. The Balaban J connectivity index is 2.35. The highest BCUT2D eigenvalue weighted by atomic mass is 32.1. The highest BCUT2D eigenvalue weighted by Crippen LogP contribution is 2.29. The van der Waals surface area contributed by atoms with E-state index in [9.17, 15) is 9.59 Å². The number of carbonyl (C=O) groups is 2. The standard InChI is InChI=1S/C11H11NO3S/c1-6(14)4-9-12-8-3-2-7(5-13)10(15)11(8)16-9/h5,13H,2-4H2,1H3/b7-5-. The number of ketones is 2. The highest BCUT2D eigenvalue weighted by Gasteiger charge is 2.26. The number of hydrogen-bond donors (Lipinski definition) is 1. The molecular formula is C11H11NO3S. The summed E-state index contributed by atoms with van der Waals surface area (Å²) in [5.74, 6) is -0.118. The largest absolute Gasteiger partial charge is 0.515 e. The van der Waals surface area contributed by atoms with Crippen LogP contribution < -0.4 is 0 Å². The zero-order chi connectivity index (χ0) is 11.7. The minimum absolute atomic E-state index is 0.0384. The number of thiazole rings is 1. The molecule has 0 spiro atoms. The summed E-state index contributed by atoms with van der Waals surface area (Å²) in [4.78, 5) is 27.6. The van der Waals surface area contributed by atoms with Crippen molar-refractivity contribution >= 4 is 22.9 Å². The molecule has 1 aliphatic rings. The summed E-state index contributed by atoms with van der Waals surface area (Å²) >= 11 is 1.26. The van der Waals surface area contributed by atoms with Gasteiger partial charge in [-0.2, -0.15) is 0 Å². The van der Waals surface area contributed by atoms with Gasteiger partial charge >= 0.3 is 0 Å². The minimum atomic E-state index is -0.156. The molecule has 0 saturated heterocycles. The Morgan fingerprint density at radius 1 is 1.56 bits per heavy atom. The van der Waals surface area contributed by atoms with Crippen LogP contribution in [-0.2, 0) is 17.6 Å².